The summed E-state index contributed by atoms with van der Waals surface area (Å²) in [7, 11) is 0. The Kier molecular flexibility index (Phi) is 21.6. The van der Waals surface area contributed by atoms with Crippen LogP contribution in [-0.4, -0.2) is 0 Å². The van der Waals surface area contributed by atoms with Gasteiger partial charge in [-0.2, -0.15) is 0 Å². The van der Waals surface area contributed by atoms with Crippen LogP contribution in [0.5, 0.6) is 0 Å². The molecule has 19 aromatic carbocycles. The standard InChI is InChI=1S/C129H93F6N3/c1-10-85-31-43-94(44-32-85)127(115-67-79(4)25-28-82(115)7)112-22-16-13-19-106(112)109-61-55-100(73-118(109)127)136(103-58-64-121(130)124(133)76-103)97-49-37-88(38-50-97)91-70-92(89-39-51-98(52-40-89)137(104-59-65-122(131)125(134)77-104)101-56-62-110-107-20-14-17-23-113(107)128(119(110)74-101,95-45-33-86(11-2)34-46-95)116-68-80(5)26-29-83(116)8)72-93(71-91)90-41-53-99(54-42-90)138(105-60-66-123(132)126(135)78-105)102-57-63-111-108-21-15-18-24-114(108)129(120(111)75-102,96-47-35-87(12-3)36-48-96)117-69-81(6)27-30-84(117)9/h10-78H,1-3H2,4-9H3. The first-order valence-corrected chi connectivity index (χ1v) is 46.5. The number of hydrogen-bond donors (Lipinski definition) is 0. The van der Waals surface area contributed by atoms with Crippen molar-refractivity contribution < 1.29 is 26.3 Å². The molecule has 0 heterocycles. The maximum absolute atomic E-state index is 16.3. The van der Waals surface area contributed by atoms with Crippen molar-refractivity contribution in [1.29, 1.82) is 0 Å². The minimum atomic E-state index is -0.998. The fourth-order valence-corrected chi connectivity index (χ4v) is 22.3. The average Bonchev–Trinajstić information content (AvgIpc) is 1.54. The molecule has 3 unspecified atom stereocenters. The molecule has 0 bridgehead atoms. The minimum Gasteiger partial charge on any atom is -0.310 e. The van der Waals surface area contributed by atoms with Crippen molar-refractivity contribution in [3.05, 3.63) is 572 Å². The Balaban J connectivity index is 0.706. The maximum Gasteiger partial charge on any atom is 0.160 e. The monoisotopic (exact) mass is 1800 g/mol. The first kappa shape index (κ1) is 86.8. The van der Waals surface area contributed by atoms with Crippen LogP contribution >= 0.6 is 0 Å². The van der Waals surface area contributed by atoms with Gasteiger partial charge in [-0.3, -0.25) is 0 Å². The fourth-order valence-electron chi connectivity index (χ4n) is 22.3. The van der Waals surface area contributed by atoms with Gasteiger partial charge in [0.1, 0.15) is 0 Å². The maximum atomic E-state index is 16.3. The fraction of sp³-hybridized carbons (Fsp3) is 0.0698. The Morgan fingerprint density at radius 1 is 0.188 bits per heavy atom. The minimum absolute atomic E-state index is 0.399. The van der Waals surface area contributed by atoms with E-state index >= 15 is 26.3 Å². The molecule has 0 radical (unpaired) electrons. The van der Waals surface area contributed by atoms with E-state index in [2.05, 4.69) is 371 Å². The summed E-state index contributed by atoms with van der Waals surface area (Å²) in [4.78, 5) is 5.96. The summed E-state index contributed by atoms with van der Waals surface area (Å²) in [6.45, 7) is 25.2. The number of halogens is 6. The third kappa shape index (κ3) is 14.2. The quantitative estimate of drug-likeness (QED) is 0.0664. The summed E-state index contributed by atoms with van der Waals surface area (Å²) in [5.74, 6) is -5.92. The number of aryl methyl sites for hydroxylation is 6. The molecule has 19 aromatic rings. The van der Waals surface area contributed by atoms with E-state index in [1.54, 1.807) is 18.2 Å². The SMILES string of the molecule is C=Cc1ccc(C2(c3cc(C)ccc3C)c3ccccc3-c3ccc(N(c4ccc(-c5cc(-c6ccc(N(c7ccc(F)c(F)c7)c7ccc8c(c7)C(c7ccc(C=C)cc7)(c7cc(C)ccc7C)c7ccccc7-8)cc6)cc(-c6ccc(N(c7ccc(F)c(F)c7)c7ccc8c(c7)C(c7ccc(C=C)cc7)(c7cc(C)ccc7C)c7ccccc7-8)cc6)c5)cc4)c4ccc(F)c(F)c4)cc32)cc1. The molecular weight excluding hydrogens is 1710 g/mol. The van der Waals surface area contributed by atoms with E-state index in [0.717, 1.165) is 184 Å². The van der Waals surface area contributed by atoms with Gasteiger partial charge in [-0.25, -0.2) is 26.3 Å². The molecule has 0 amide bonds. The summed E-state index contributed by atoms with van der Waals surface area (Å²) in [6.07, 6.45) is 5.55. The van der Waals surface area contributed by atoms with E-state index < -0.39 is 51.1 Å². The van der Waals surface area contributed by atoms with Gasteiger partial charge < -0.3 is 14.7 Å². The van der Waals surface area contributed by atoms with E-state index in [4.69, 9.17) is 0 Å². The van der Waals surface area contributed by atoms with Gasteiger partial charge in [0.25, 0.3) is 0 Å². The van der Waals surface area contributed by atoms with Crippen molar-refractivity contribution in [2.45, 2.75) is 57.8 Å². The molecule has 3 nitrogen and oxygen atoms in total. The van der Waals surface area contributed by atoms with Crippen LogP contribution in [0.4, 0.5) is 77.5 Å². The Labute approximate surface area is 801 Å². The molecule has 0 saturated carbocycles. The lowest BCUT2D eigenvalue weighted by Gasteiger charge is -2.36. The molecule has 22 rings (SSSR count). The third-order valence-corrected chi connectivity index (χ3v) is 28.8. The topological polar surface area (TPSA) is 9.72 Å². The van der Waals surface area contributed by atoms with Crippen LogP contribution in [0.3, 0.4) is 0 Å². The molecule has 0 fully saturated rings. The van der Waals surface area contributed by atoms with Crippen LogP contribution in [0, 0.1) is 76.4 Å². The van der Waals surface area contributed by atoms with Crippen molar-refractivity contribution in [2.75, 3.05) is 14.7 Å². The zero-order valence-corrected chi connectivity index (χ0v) is 77.1. The summed E-state index contributed by atoms with van der Waals surface area (Å²) in [5, 5.41) is 0. The van der Waals surface area contributed by atoms with E-state index in [9.17, 15) is 0 Å². The van der Waals surface area contributed by atoms with Gasteiger partial charge in [-0.05, 0) is 336 Å². The highest BCUT2D eigenvalue weighted by Crippen LogP contribution is 2.63. The molecule has 138 heavy (non-hydrogen) atoms. The summed E-state index contributed by atoms with van der Waals surface area (Å²) >= 11 is 0. The summed E-state index contributed by atoms with van der Waals surface area (Å²) in [5.41, 5.74) is 36.8. The van der Waals surface area contributed by atoms with Crippen LogP contribution in [0.1, 0.15) is 117 Å². The Bertz CT molecular complexity index is 7390. The molecule has 0 saturated heterocycles. The normalized spacial score (nSPS) is 15.1. The Hall–Kier alpha value is -16.6. The van der Waals surface area contributed by atoms with Gasteiger partial charge in [0, 0.05) is 69.4 Å². The van der Waals surface area contributed by atoms with Gasteiger partial charge in [-0.1, -0.05) is 309 Å². The molecule has 0 spiro atoms. The highest BCUT2D eigenvalue weighted by Gasteiger charge is 2.51. The third-order valence-electron chi connectivity index (χ3n) is 28.8. The van der Waals surface area contributed by atoms with E-state index in [1.165, 1.54) is 36.4 Å². The van der Waals surface area contributed by atoms with Crippen molar-refractivity contribution in [3.8, 4) is 66.8 Å². The molecule has 0 aromatic heterocycles. The molecule has 0 aliphatic heterocycles. The number of rotatable bonds is 21. The number of anilines is 9. The van der Waals surface area contributed by atoms with Crippen molar-refractivity contribution in [1.82, 2.24) is 0 Å². The summed E-state index contributed by atoms with van der Waals surface area (Å²) in [6, 6.07) is 134. The van der Waals surface area contributed by atoms with Crippen molar-refractivity contribution >= 4 is 69.4 Å². The predicted octanol–water partition coefficient (Wildman–Crippen LogP) is 34.8. The molecular formula is C129H93F6N3. The highest BCUT2D eigenvalue weighted by molar-refractivity contribution is 5.96. The highest BCUT2D eigenvalue weighted by atomic mass is 19.2. The number of benzene rings is 19. The van der Waals surface area contributed by atoms with Gasteiger partial charge in [0.2, 0.25) is 0 Å². The average molecular weight is 1800 g/mol. The number of fused-ring (bicyclic) bond motifs is 9. The van der Waals surface area contributed by atoms with Crippen LogP contribution in [0.25, 0.3) is 85.0 Å². The van der Waals surface area contributed by atoms with Crippen LogP contribution in [-0.2, 0) is 16.2 Å². The number of nitrogens with zero attached hydrogens (tertiary/aromatic N) is 3. The smallest absolute Gasteiger partial charge is 0.160 e. The van der Waals surface area contributed by atoms with E-state index in [0.29, 0.717) is 51.2 Å². The molecule has 0 N–H and O–H groups in total. The van der Waals surface area contributed by atoms with Crippen molar-refractivity contribution in [2.24, 2.45) is 0 Å². The van der Waals surface area contributed by atoms with Crippen LogP contribution < -0.4 is 14.7 Å². The lowest BCUT2D eigenvalue weighted by molar-refractivity contribution is 0.509. The van der Waals surface area contributed by atoms with Gasteiger partial charge in [0.15, 0.2) is 34.9 Å². The molecule has 3 aliphatic carbocycles. The zero-order chi connectivity index (χ0) is 94.7. The molecule has 3 aliphatic rings. The zero-order valence-electron chi connectivity index (χ0n) is 77.1. The lowest BCUT2D eigenvalue weighted by Crippen LogP contribution is -2.30. The van der Waals surface area contributed by atoms with Crippen LogP contribution in [0.2, 0.25) is 0 Å². The van der Waals surface area contributed by atoms with Gasteiger partial charge in [-0.15, -0.1) is 0 Å². The second kappa shape index (κ2) is 34.4. The first-order valence-electron chi connectivity index (χ1n) is 46.5. The molecule has 9 heteroatoms. The van der Waals surface area contributed by atoms with Gasteiger partial charge >= 0.3 is 0 Å². The largest absolute Gasteiger partial charge is 0.310 e. The van der Waals surface area contributed by atoms with Crippen molar-refractivity contribution in [3.63, 3.8) is 0 Å². The predicted molar refractivity (Wildman–Crippen MR) is 557 cm³/mol. The van der Waals surface area contributed by atoms with E-state index in [-0.39, 0.29) is 0 Å². The Morgan fingerprint density at radius 3 is 0.674 bits per heavy atom. The Morgan fingerprint density at radius 2 is 0.420 bits per heavy atom. The van der Waals surface area contributed by atoms with Crippen LogP contribution in [0.15, 0.2) is 420 Å². The van der Waals surface area contributed by atoms with E-state index in [1.807, 2.05) is 69.3 Å². The second-order valence-electron chi connectivity index (χ2n) is 36.8. The molecule has 666 valence electrons. The molecule has 3 atom stereocenters. The lowest BCUT2D eigenvalue weighted by atomic mass is 9.66. The number of hydrogen-bond acceptors (Lipinski definition) is 3. The first-order chi connectivity index (χ1) is 67.1. The van der Waals surface area contributed by atoms with Gasteiger partial charge in [0.05, 0.1) is 16.2 Å². The second-order valence-corrected chi connectivity index (χ2v) is 36.8. The summed E-state index contributed by atoms with van der Waals surface area (Å²) < 4.78 is 95.3.